The molecule has 0 aromatic heterocycles. The second kappa shape index (κ2) is 1.17. The molecule has 3 aliphatic carbocycles. The molecule has 2 bridgehead atoms. The summed E-state index contributed by atoms with van der Waals surface area (Å²) in [6, 6.07) is 0. The van der Waals surface area contributed by atoms with E-state index in [4.69, 9.17) is 15.9 Å². The fourth-order valence-corrected chi connectivity index (χ4v) is 2.22. The first-order valence-electron chi connectivity index (χ1n) is 3.22. The number of nitrogens with two attached hydrogens (primary N) is 1. The third kappa shape index (κ3) is 0.478. The Hall–Kier alpha value is -0.120. The molecule has 0 radical (unpaired) electrons. The summed E-state index contributed by atoms with van der Waals surface area (Å²) in [4.78, 5) is 0. The fraction of sp³-hybridized carbons (Fsp3) is 1.00. The van der Waals surface area contributed by atoms with Crippen molar-refractivity contribution in [2.24, 2.45) is 11.1 Å². The van der Waals surface area contributed by atoms with Crippen LogP contribution in [0.3, 0.4) is 0 Å². The zero-order chi connectivity index (χ0) is 6.70. The largest absolute Gasteiger partial charge is 0.368 e. The van der Waals surface area contributed by atoms with Crippen molar-refractivity contribution in [3.8, 4) is 0 Å². The average Bonchev–Trinajstić information content (AvgIpc) is 1.54. The highest BCUT2D eigenvalue weighted by molar-refractivity contribution is 5.22. The summed E-state index contributed by atoms with van der Waals surface area (Å²) < 4.78 is 0. The summed E-state index contributed by atoms with van der Waals surface area (Å²) in [6.07, 6.45) is 1.27. The van der Waals surface area contributed by atoms with Crippen molar-refractivity contribution >= 4 is 0 Å². The lowest BCUT2D eigenvalue weighted by Crippen LogP contribution is -2.75. The average molecular weight is 129 g/mol. The Morgan fingerprint density at radius 3 is 1.78 bits per heavy atom. The first kappa shape index (κ1) is 5.65. The van der Waals surface area contributed by atoms with Crippen LogP contribution in [0.15, 0.2) is 0 Å². The highest BCUT2D eigenvalue weighted by Gasteiger charge is 2.68. The van der Waals surface area contributed by atoms with Gasteiger partial charge in [-0.3, -0.25) is 0 Å². The number of hydrogen-bond acceptors (Lipinski definition) is 3. The van der Waals surface area contributed by atoms with Gasteiger partial charge in [-0.2, -0.15) is 0 Å². The van der Waals surface area contributed by atoms with Crippen molar-refractivity contribution in [1.29, 1.82) is 0 Å². The molecule has 52 valence electrons. The van der Waals surface area contributed by atoms with E-state index in [1.54, 1.807) is 0 Å². The highest BCUT2D eigenvalue weighted by Crippen LogP contribution is 2.66. The molecule has 0 unspecified atom stereocenters. The molecule has 0 heterocycles. The Kier molecular flexibility index (Phi) is 0.732. The van der Waals surface area contributed by atoms with Crippen LogP contribution in [0, 0.1) is 5.41 Å². The smallest absolute Gasteiger partial charge is 0.157 e. The van der Waals surface area contributed by atoms with Crippen LogP contribution in [0.1, 0.15) is 19.3 Å². The topological polar surface area (TPSA) is 66.5 Å². The van der Waals surface area contributed by atoms with Crippen LogP contribution in [0.25, 0.3) is 0 Å². The van der Waals surface area contributed by atoms with Crippen LogP contribution in [0.4, 0.5) is 0 Å². The van der Waals surface area contributed by atoms with Gasteiger partial charge in [-0.05, 0) is 19.3 Å². The fourth-order valence-electron chi connectivity index (χ4n) is 2.22. The van der Waals surface area contributed by atoms with Crippen molar-refractivity contribution < 1.29 is 10.2 Å². The van der Waals surface area contributed by atoms with E-state index in [2.05, 4.69) is 0 Å². The maximum absolute atomic E-state index is 8.78. The molecule has 0 aromatic rings. The molecule has 4 N–H and O–H groups in total. The summed E-state index contributed by atoms with van der Waals surface area (Å²) in [5.74, 6) is 0. The van der Waals surface area contributed by atoms with Crippen molar-refractivity contribution in [1.82, 2.24) is 0 Å². The van der Waals surface area contributed by atoms with E-state index in [0.29, 0.717) is 0 Å². The zero-order valence-electron chi connectivity index (χ0n) is 5.17. The van der Waals surface area contributed by atoms with E-state index in [-0.39, 0.29) is 11.0 Å². The van der Waals surface area contributed by atoms with E-state index in [1.807, 2.05) is 0 Å². The van der Waals surface area contributed by atoms with Gasteiger partial charge < -0.3 is 15.9 Å². The minimum atomic E-state index is -1.14. The Labute approximate surface area is 53.5 Å². The van der Waals surface area contributed by atoms with Gasteiger partial charge in [0.15, 0.2) is 6.29 Å². The van der Waals surface area contributed by atoms with Gasteiger partial charge in [0.05, 0.1) is 0 Å². The molecule has 0 aliphatic heterocycles. The van der Waals surface area contributed by atoms with Crippen LogP contribution < -0.4 is 5.73 Å². The molecule has 0 atom stereocenters. The predicted molar refractivity (Wildman–Crippen MR) is 31.4 cm³/mol. The summed E-state index contributed by atoms with van der Waals surface area (Å²) in [5, 5.41) is 17.6. The summed E-state index contributed by atoms with van der Waals surface area (Å²) in [5.41, 5.74) is 5.49. The lowest BCUT2D eigenvalue weighted by Gasteiger charge is -2.69. The Balaban J connectivity index is 2.04. The van der Waals surface area contributed by atoms with Gasteiger partial charge >= 0.3 is 0 Å². The minimum absolute atomic E-state index is 0.0102. The zero-order valence-corrected chi connectivity index (χ0v) is 5.17. The summed E-state index contributed by atoms with van der Waals surface area (Å²) >= 11 is 0. The summed E-state index contributed by atoms with van der Waals surface area (Å²) in [7, 11) is 0. The maximum atomic E-state index is 8.78. The number of rotatable bonds is 1. The van der Waals surface area contributed by atoms with Crippen molar-refractivity contribution in [2.75, 3.05) is 0 Å². The molecule has 9 heavy (non-hydrogen) atoms. The van der Waals surface area contributed by atoms with E-state index in [1.165, 1.54) is 0 Å². The summed E-state index contributed by atoms with van der Waals surface area (Å²) in [6.45, 7) is 0. The number of aliphatic hydroxyl groups is 2. The lowest BCUT2D eigenvalue weighted by atomic mass is 9.39. The van der Waals surface area contributed by atoms with E-state index in [9.17, 15) is 0 Å². The van der Waals surface area contributed by atoms with Crippen molar-refractivity contribution in [3.63, 3.8) is 0 Å². The predicted octanol–water partition coefficient (Wildman–Crippen LogP) is -0.822. The molecule has 3 heteroatoms. The molecule has 3 aliphatic rings. The second-order valence-corrected chi connectivity index (χ2v) is 3.63. The molecule has 3 rings (SSSR count). The second-order valence-electron chi connectivity index (χ2n) is 3.63. The van der Waals surface area contributed by atoms with E-state index < -0.39 is 6.29 Å². The quantitative estimate of drug-likeness (QED) is 0.405. The van der Waals surface area contributed by atoms with Gasteiger partial charge in [-0.25, -0.2) is 0 Å². The lowest BCUT2D eigenvalue weighted by molar-refractivity contribution is -0.269. The maximum Gasteiger partial charge on any atom is 0.157 e. The molecule has 0 amide bonds. The molecule has 3 saturated carbocycles. The van der Waals surface area contributed by atoms with Gasteiger partial charge in [0.2, 0.25) is 0 Å². The van der Waals surface area contributed by atoms with E-state index in [0.717, 1.165) is 19.3 Å². The van der Waals surface area contributed by atoms with Gasteiger partial charge in [-0.15, -0.1) is 0 Å². The molecule has 0 aromatic carbocycles. The monoisotopic (exact) mass is 129 g/mol. The number of hydrogen-bond donors (Lipinski definition) is 3. The molecule has 3 nitrogen and oxygen atoms in total. The Morgan fingerprint density at radius 2 is 1.67 bits per heavy atom. The first-order chi connectivity index (χ1) is 4.06. The normalized spacial score (nSPS) is 54.7. The van der Waals surface area contributed by atoms with Crippen LogP contribution in [0.2, 0.25) is 0 Å². The highest BCUT2D eigenvalue weighted by atomic mass is 16.5. The Morgan fingerprint density at radius 1 is 1.22 bits per heavy atom. The van der Waals surface area contributed by atoms with Crippen LogP contribution in [-0.4, -0.2) is 22.0 Å². The minimum Gasteiger partial charge on any atom is -0.368 e. The molecular weight excluding hydrogens is 118 g/mol. The van der Waals surface area contributed by atoms with Crippen LogP contribution in [0.5, 0.6) is 0 Å². The third-order valence-corrected chi connectivity index (χ3v) is 2.66. The van der Waals surface area contributed by atoms with Gasteiger partial charge in [0.25, 0.3) is 0 Å². The molecular formula is C6H11NO2. The van der Waals surface area contributed by atoms with Gasteiger partial charge in [-0.1, -0.05) is 0 Å². The Bertz CT molecular complexity index is 135. The van der Waals surface area contributed by atoms with Crippen molar-refractivity contribution in [3.05, 3.63) is 0 Å². The third-order valence-electron chi connectivity index (χ3n) is 2.66. The van der Waals surface area contributed by atoms with E-state index >= 15 is 0 Å². The molecule has 0 saturated heterocycles. The van der Waals surface area contributed by atoms with Gasteiger partial charge in [0, 0.05) is 11.0 Å². The first-order valence-corrected chi connectivity index (χ1v) is 3.22. The van der Waals surface area contributed by atoms with Crippen molar-refractivity contribution in [2.45, 2.75) is 31.1 Å². The standard InChI is InChI=1S/C6H11NO2/c7-6-1-5(2-6,3-6)4(8)9/h4,8-9H,1-3,7H2. The SMILES string of the molecule is NC12CC(C(O)O)(C1)C2. The number of aliphatic hydroxyl groups excluding tert-OH is 1. The molecule has 0 spiro atoms. The van der Waals surface area contributed by atoms with Crippen LogP contribution in [-0.2, 0) is 0 Å². The van der Waals surface area contributed by atoms with Crippen LogP contribution >= 0.6 is 0 Å². The molecule has 3 fully saturated rings. The van der Waals surface area contributed by atoms with Gasteiger partial charge in [0.1, 0.15) is 0 Å².